The molecular weight excluding hydrogens is 266 g/mol. The third-order valence-corrected chi connectivity index (χ3v) is 3.97. The average molecular weight is 282 g/mol. The maximum Gasteiger partial charge on any atom is 0.170 e. The van der Waals surface area contributed by atoms with Gasteiger partial charge in [-0.2, -0.15) is 0 Å². The van der Waals surface area contributed by atoms with Crippen LogP contribution >= 0.6 is 23.4 Å². The molecule has 0 saturated carbocycles. The third kappa shape index (κ3) is 3.51. The van der Waals surface area contributed by atoms with Crippen LogP contribution in [0.3, 0.4) is 0 Å². The van der Waals surface area contributed by atoms with Crippen LogP contribution in [0.15, 0.2) is 40.6 Å². The zero-order valence-electron chi connectivity index (χ0n) is 10.2. The molecule has 0 amide bonds. The first kappa shape index (κ1) is 13.5. The fourth-order valence-electron chi connectivity index (χ4n) is 1.63. The van der Waals surface area contributed by atoms with E-state index in [0.717, 1.165) is 27.9 Å². The number of nitrogens with zero attached hydrogens (tertiary/aromatic N) is 1. The molecule has 0 bridgehead atoms. The zero-order chi connectivity index (χ0) is 13.0. The molecule has 1 aromatic heterocycles. The smallest absolute Gasteiger partial charge is 0.170 e. The summed E-state index contributed by atoms with van der Waals surface area (Å²) in [4.78, 5) is 8.40. The van der Waals surface area contributed by atoms with E-state index in [-0.39, 0.29) is 6.04 Å². The van der Waals surface area contributed by atoms with E-state index in [1.807, 2.05) is 24.4 Å². The second-order valence-corrected chi connectivity index (χ2v) is 5.59. The summed E-state index contributed by atoms with van der Waals surface area (Å²) in [7, 11) is 0. The number of aromatic nitrogens is 2. The van der Waals surface area contributed by atoms with Gasteiger partial charge in [-0.25, -0.2) is 4.98 Å². The van der Waals surface area contributed by atoms with Crippen LogP contribution in [-0.2, 0) is 6.42 Å². The molecule has 1 unspecified atom stereocenters. The van der Waals surface area contributed by atoms with Gasteiger partial charge in [0.25, 0.3) is 0 Å². The number of nitrogens with two attached hydrogens (primary N) is 1. The van der Waals surface area contributed by atoms with Crippen molar-refractivity contribution >= 4 is 23.4 Å². The summed E-state index contributed by atoms with van der Waals surface area (Å²) >= 11 is 7.63. The van der Waals surface area contributed by atoms with Crippen LogP contribution in [-0.4, -0.2) is 16.0 Å². The Bertz CT molecular complexity index is 499. The molecule has 0 fully saturated rings. The van der Waals surface area contributed by atoms with Gasteiger partial charge in [0, 0.05) is 28.4 Å². The van der Waals surface area contributed by atoms with Crippen molar-refractivity contribution < 1.29 is 0 Å². The Morgan fingerprint density at radius 1 is 1.50 bits per heavy atom. The Labute approximate surface area is 116 Å². The minimum absolute atomic E-state index is 0.183. The van der Waals surface area contributed by atoms with E-state index < -0.39 is 0 Å². The average Bonchev–Trinajstić information content (AvgIpc) is 2.85. The van der Waals surface area contributed by atoms with Crippen LogP contribution in [0.25, 0.3) is 0 Å². The van der Waals surface area contributed by atoms with Gasteiger partial charge in [-0.3, -0.25) is 0 Å². The minimum Gasteiger partial charge on any atom is -0.339 e. The number of aromatic amines is 1. The molecule has 0 aliphatic heterocycles. The number of benzene rings is 1. The summed E-state index contributed by atoms with van der Waals surface area (Å²) in [6.07, 6.45) is 5.37. The van der Waals surface area contributed by atoms with Gasteiger partial charge in [-0.05, 0) is 30.5 Å². The van der Waals surface area contributed by atoms with Crippen molar-refractivity contribution in [1.82, 2.24) is 9.97 Å². The van der Waals surface area contributed by atoms with E-state index in [1.165, 1.54) is 5.56 Å². The van der Waals surface area contributed by atoms with Gasteiger partial charge in [0.05, 0.1) is 0 Å². The van der Waals surface area contributed by atoms with E-state index in [2.05, 4.69) is 16.9 Å². The fourth-order valence-corrected chi connectivity index (χ4v) is 2.78. The zero-order valence-corrected chi connectivity index (χ0v) is 11.8. The van der Waals surface area contributed by atoms with Crippen LogP contribution in [0.2, 0.25) is 5.02 Å². The lowest BCUT2D eigenvalue weighted by Crippen LogP contribution is -2.21. The highest BCUT2D eigenvalue weighted by Gasteiger charge is 2.10. The molecule has 3 N–H and O–H groups in total. The molecule has 3 nitrogen and oxygen atoms in total. The number of halogens is 1. The monoisotopic (exact) mass is 281 g/mol. The summed E-state index contributed by atoms with van der Waals surface area (Å²) in [5.74, 6) is 0. The van der Waals surface area contributed by atoms with Crippen molar-refractivity contribution in [2.24, 2.45) is 5.73 Å². The lowest BCUT2D eigenvalue weighted by molar-refractivity contribution is 0.641. The van der Waals surface area contributed by atoms with Gasteiger partial charge in [0.2, 0.25) is 0 Å². The SMILES string of the molecule is CCC(N)Cc1ccc(Cl)cc1Sc1ncc[nH]1. The van der Waals surface area contributed by atoms with Crippen LogP contribution in [0.1, 0.15) is 18.9 Å². The van der Waals surface area contributed by atoms with E-state index in [1.54, 1.807) is 18.0 Å². The molecule has 0 saturated heterocycles. The molecule has 2 rings (SSSR count). The Kier molecular flexibility index (Phi) is 4.69. The normalized spacial score (nSPS) is 12.6. The van der Waals surface area contributed by atoms with Crippen LogP contribution < -0.4 is 5.73 Å². The quantitative estimate of drug-likeness (QED) is 0.882. The van der Waals surface area contributed by atoms with Crippen molar-refractivity contribution in [3.8, 4) is 0 Å². The Morgan fingerprint density at radius 2 is 2.33 bits per heavy atom. The molecule has 2 aromatic rings. The van der Waals surface area contributed by atoms with Gasteiger partial charge in [-0.1, -0.05) is 36.4 Å². The Hall–Kier alpha value is -0.970. The summed E-state index contributed by atoms with van der Waals surface area (Å²) in [5.41, 5.74) is 7.24. The third-order valence-electron chi connectivity index (χ3n) is 2.72. The topological polar surface area (TPSA) is 54.7 Å². The number of hydrogen-bond acceptors (Lipinski definition) is 3. The van der Waals surface area contributed by atoms with Crippen LogP contribution in [0.5, 0.6) is 0 Å². The predicted octanol–water partition coefficient (Wildman–Crippen LogP) is 3.49. The number of imidazole rings is 1. The largest absolute Gasteiger partial charge is 0.339 e. The Balaban J connectivity index is 2.23. The maximum absolute atomic E-state index is 6.05. The van der Waals surface area contributed by atoms with Crippen molar-refractivity contribution in [3.05, 3.63) is 41.2 Å². The summed E-state index contributed by atoms with van der Waals surface area (Å²) in [6.45, 7) is 2.10. The highest BCUT2D eigenvalue weighted by molar-refractivity contribution is 7.99. The molecule has 18 heavy (non-hydrogen) atoms. The van der Waals surface area contributed by atoms with E-state index in [0.29, 0.717) is 0 Å². The molecule has 0 aliphatic rings. The lowest BCUT2D eigenvalue weighted by atomic mass is 10.1. The van der Waals surface area contributed by atoms with Gasteiger partial charge >= 0.3 is 0 Å². The molecule has 96 valence electrons. The second kappa shape index (κ2) is 6.27. The highest BCUT2D eigenvalue weighted by Crippen LogP contribution is 2.31. The first-order valence-corrected chi connectivity index (χ1v) is 7.09. The van der Waals surface area contributed by atoms with Crippen LogP contribution in [0.4, 0.5) is 0 Å². The molecule has 0 radical (unpaired) electrons. The number of rotatable bonds is 5. The van der Waals surface area contributed by atoms with E-state index in [4.69, 9.17) is 17.3 Å². The van der Waals surface area contributed by atoms with E-state index >= 15 is 0 Å². The van der Waals surface area contributed by atoms with Gasteiger partial charge < -0.3 is 10.7 Å². The molecular formula is C13H16ClN3S. The summed E-state index contributed by atoms with van der Waals surface area (Å²) in [6, 6.07) is 6.10. The predicted molar refractivity (Wildman–Crippen MR) is 76.1 cm³/mol. The summed E-state index contributed by atoms with van der Waals surface area (Å²) < 4.78 is 0. The first-order valence-electron chi connectivity index (χ1n) is 5.90. The first-order chi connectivity index (χ1) is 8.69. The maximum atomic E-state index is 6.05. The molecule has 1 atom stereocenters. The molecule has 0 spiro atoms. The summed E-state index contributed by atoms with van der Waals surface area (Å²) in [5, 5.41) is 1.60. The van der Waals surface area contributed by atoms with Gasteiger partial charge in [0.15, 0.2) is 5.16 Å². The van der Waals surface area contributed by atoms with Crippen molar-refractivity contribution in [2.45, 2.75) is 35.9 Å². The number of hydrogen-bond donors (Lipinski definition) is 2. The van der Waals surface area contributed by atoms with Crippen molar-refractivity contribution in [3.63, 3.8) is 0 Å². The highest BCUT2D eigenvalue weighted by atomic mass is 35.5. The number of H-pyrrole nitrogens is 1. The molecule has 0 aliphatic carbocycles. The Morgan fingerprint density at radius 3 is 3.00 bits per heavy atom. The van der Waals surface area contributed by atoms with Gasteiger partial charge in [-0.15, -0.1) is 0 Å². The molecule has 1 aromatic carbocycles. The second-order valence-electron chi connectivity index (χ2n) is 4.12. The van der Waals surface area contributed by atoms with E-state index in [9.17, 15) is 0 Å². The standard InChI is InChI=1S/C13H16ClN3S/c1-2-11(15)7-9-3-4-10(14)8-12(9)18-13-16-5-6-17-13/h3-6,8,11H,2,7,15H2,1H3,(H,16,17). The lowest BCUT2D eigenvalue weighted by Gasteiger charge is -2.12. The minimum atomic E-state index is 0.183. The number of nitrogens with one attached hydrogen (secondary N) is 1. The van der Waals surface area contributed by atoms with Crippen LogP contribution in [0, 0.1) is 0 Å². The van der Waals surface area contributed by atoms with Crippen molar-refractivity contribution in [1.29, 1.82) is 0 Å². The van der Waals surface area contributed by atoms with Gasteiger partial charge in [0.1, 0.15) is 0 Å². The molecule has 1 heterocycles. The fraction of sp³-hybridized carbons (Fsp3) is 0.308. The van der Waals surface area contributed by atoms with Crippen molar-refractivity contribution in [2.75, 3.05) is 0 Å². The molecule has 5 heteroatoms.